The van der Waals surface area contributed by atoms with E-state index in [1.807, 2.05) is 24.3 Å². The van der Waals surface area contributed by atoms with E-state index in [9.17, 15) is 4.79 Å². The number of carbonyl (C=O) groups is 1. The maximum absolute atomic E-state index is 11.2. The van der Waals surface area contributed by atoms with Crippen LogP contribution in [-0.4, -0.2) is 44.6 Å². The van der Waals surface area contributed by atoms with Crippen LogP contribution in [0.25, 0.3) is 0 Å². The lowest BCUT2D eigenvalue weighted by Gasteiger charge is -2.42. The Balaban J connectivity index is 1.66. The second-order valence-electron chi connectivity index (χ2n) is 10.1. The number of allylic oxidation sites excluding steroid dienone is 1. The maximum atomic E-state index is 11.2. The molecule has 0 amide bonds. The largest absolute Gasteiger partial charge is 0.489 e. The lowest BCUT2D eigenvalue weighted by atomic mass is 9.79. The minimum absolute atomic E-state index is 0.162. The molecule has 0 saturated carbocycles. The van der Waals surface area contributed by atoms with E-state index in [0.717, 1.165) is 25.7 Å². The second-order valence-corrected chi connectivity index (χ2v) is 14.6. The predicted molar refractivity (Wildman–Crippen MR) is 149 cm³/mol. The minimum Gasteiger partial charge on any atom is -0.489 e. The number of ether oxygens (including phenoxy) is 1. The van der Waals surface area contributed by atoms with Crippen molar-refractivity contribution in [2.75, 3.05) is 13.2 Å². The normalized spacial score (nSPS) is 17.5. The maximum Gasteiger partial charge on any atom is 0.189 e. The fourth-order valence-corrected chi connectivity index (χ4v) is 6.41. The SMILES string of the molecule is C[Si](C)(C)OC(c1ccccc1)(c1ccccc1)[C@H]1CCC[N+]1=C/C=C/COc1ccccc1C=O. The Labute approximate surface area is 216 Å². The summed E-state index contributed by atoms with van der Waals surface area (Å²) in [6.45, 7) is 8.18. The fourth-order valence-electron chi connectivity index (χ4n) is 5.07. The summed E-state index contributed by atoms with van der Waals surface area (Å²) in [5.41, 5.74) is 2.39. The van der Waals surface area contributed by atoms with E-state index >= 15 is 0 Å². The third kappa shape index (κ3) is 5.92. The van der Waals surface area contributed by atoms with E-state index in [2.05, 4.69) is 97.2 Å². The molecule has 0 unspecified atom stereocenters. The molecule has 1 saturated heterocycles. The minimum atomic E-state index is -1.95. The highest BCUT2D eigenvalue weighted by molar-refractivity contribution is 6.69. The number of aldehydes is 1. The highest BCUT2D eigenvalue weighted by atomic mass is 28.4. The van der Waals surface area contributed by atoms with Crippen molar-refractivity contribution in [3.63, 3.8) is 0 Å². The zero-order valence-corrected chi connectivity index (χ0v) is 22.5. The molecule has 1 atom stereocenters. The van der Waals surface area contributed by atoms with Gasteiger partial charge in [-0.25, -0.2) is 4.58 Å². The molecule has 0 N–H and O–H groups in total. The van der Waals surface area contributed by atoms with Crippen molar-refractivity contribution in [2.45, 2.75) is 44.1 Å². The van der Waals surface area contributed by atoms with Gasteiger partial charge in [0.05, 0.1) is 5.56 Å². The summed E-state index contributed by atoms with van der Waals surface area (Å²) < 4.78 is 15.5. The van der Waals surface area contributed by atoms with Crippen molar-refractivity contribution in [3.8, 4) is 5.75 Å². The van der Waals surface area contributed by atoms with E-state index in [0.29, 0.717) is 17.9 Å². The van der Waals surface area contributed by atoms with E-state index in [1.165, 1.54) is 11.1 Å². The lowest BCUT2D eigenvalue weighted by Crippen LogP contribution is -2.52. The number of hydrogen-bond donors (Lipinski definition) is 0. The van der Waals surface area contributed by atoms with Gasteiger partial charge in [-0.2, -0.15) is 0 Å². The number of carbonyl (C=O) groups excluding carboxylic acids is 1. The highest BCUT2D eigenvalue weighted by Crippen LogP contribution is 2.44. The third-order valence-electron chi connectivity index (χ3n) is 6.43. The van der Waals surface area contributed by atoms with Crippen molar-refractivity contribution in [1.82, 2.24) is 0 Å². The Bertz CT molecular complexity index is 1160. The number of hydrogen-bond acceptors (Lipinski definition) is 3. The molecule has 1 heterocycles. The quantitative estimate of drug-likeness (QED) is 0.183. The number of para-hydroxylation sites is 1. The molecule has 4 rings (SSSR count). The average Bonchev–Trinajstić information content (AvgIpc) is 3.37. The van der Waals surface area contributed by atoms with Crippen molar-refractivity contribution in [1.29, 1.82) is 0 Å². The van der Waals surface area contributed by atoms with Crippen molar-refractivity contribution in [3.05, 3.63) is 114 Å². The first-order chi connectivity index (χ1) is 17.4. The number of benzene rings is 3. The van der Waals surface area contributed by atoms with Crippen molar-refractivity contribution < 1.29 is 18.5 Å². The Morgan fingerprint density at radius 3 is 2.14 bits per heavy atom. The molecule has 5 heteroatoms. The second kappa shape index (κ2) is 11.6. The Morgan fingerprint density at radius 1 is 0.917 bits per heavy atom. The zero-order valence-electron chi connectivity index (χ0n) is 21.5. The summed E-state index contributed by atoms with van der Waals surface area (Å²) in [5, 5.41) is 0. The van der Waals surface area contributed by atoms with Gasteiger partial charge in [0.1, 0.15) is 18.9 Å². The molecule has 1 aliphatic heterocycles. The zero-order chi connectivity index (χ0) is 25.4. The van der Waals surface area contributed by atoms with Gasteiger partial charge in [-0.1, -0.05) is 72.8 Å². The van der Waals surface area contributed by atoms with Gasteiger partial charge in [0.15, 0.2) is 32.5 Å². The van der Waals surface area contributed by atoms with E-state index in [4.69, 9.17) is 9.16 Å². The van der Waals surface area contributed by atoms with Crippen LogP contribution in [0.4, 0.5) is 0 Å². The molecule has 0 spiro atoms. The Kier molecular flexibility index (Phi) is 8.34. The smallest absolute Gasteiger partial charge is 0.189 e. The predicted octanol–water partition coefficient (Wildman–Crippen LogP) is 6.48. The topological polar surface area (TPSA) is 38.5 Å². The molecule has 0 aromatic heterocycles. The first kappa shape index (κ1) is 25.8. The summed E-state index contributed by atoms with van der Waals surface area (Å²) in [6.07, 6.45) is 9.18. The monoisotopic (exact) mass is 498 g/mol. The van der Waals surface area contributed by atoms with Crippen LogP contribution in [0.1, 0.15) is 34.3 Å². The van der Waals surface area contributed by atoms with E-state index in [-0.39, 0.29) is 6.04 Å². The van der Waals surface area contributed by atoms with Crippen LogP contribution in [0, 0.1) is 0 Å². The number of nitrogens with zero attached hydrogens (tertiary/aromatic N) is 1. The van der Waals surface area contributed by atoms with Gasteiger partial charge in [-0.3, -0.25) is 4.79 Å². The fraction of sp³-hybridized carbons (Fsp3) is 0.290. The summed E-state index contributed by atoms with van der Waals surface area (Å²) in [6, 6.07) is 28.8. The molecule has 36 heavy (non-hydrogen) atoms. The molecule has 4 nitrogen and oxygen atoms in total. The van der Waals surface area contributed by atoms with Crippen LogP contribution in [-0.2, 0) is 10.0 Å². The summed E-state index contributed by atoms with van der Waals surface area (Å²) in [5.74, 6) is 0.604. The van der Waals surface area contributed by atoms with Crippen LogP contribution in [0.5, 0.6) is 5.75 Å². The average molecular weight is 499 g/mol. The van der Waals surface area contributed by atoms with Gasteiger partial charge >= 0.3 is 0 Å². The molecule has 3 aromatic carbocycles. The molecule has 1 aliphatic rings. The van der Waals surface area contributed by atoms with Crippen LogP contribution < -0.4 is 4.74 Å². The third-order valence-corrected chi connectivity index (χ3v) is 7.36. The Hall–Kier alpha value is -3.28. The molecule has 1 fully saturated rings. The van der Waals surface area contributed by atoms with Gasteiger partial charge in [-0.05, 0) is 49.0 Å². The van der Waals surface area contributed by atoms with Crippen molar-refractivity contribution in [2.24, 2.45) is 0 Å². The molecule has 0 aliphatic carbocycles. The van der Waals surface area contributed by atoms with Crippen LogP contribution in [0.2, 0.25) is 19.6 Å². The molecule has 3 aromatic rings. The van der Waals surface area contributed by atoms with Gasteiger partial charge < -0.3 is 9.16 Å². The molecular formula is C31H36NO3Si+. The number of rotatable bonds is 10. The van der Waals surface area contributed by atoms with Gasteiger partial charge in [0.2, 0.25) is 0 Å². The van der Waals surface area contributed by atoms with Gasteiger partial charge in [0.25, 0.3) is 0 Å². The first-order valence-corrected chi connectivity index (χ1v) is 16.1. The standard InChI is InChI=1S/C31H36NO3Si/c1-36(2,3)35-31(27-16-6-4-7-17-27,28-18-8-5-9-19-28)30-21-14-23-32(30)22-12-13-24-34-29-20-11-10-15-26(29)25-33/h4-13,15-20,22,25,30H,14,21,23-24H2,1-3H3/q+1/b13-12+,32-22?/t30-/m1/s1. The van der Waals surface area contributed by atoms with Crippen LogP contribution >= 0.6 is 0 Å². The summed E-state index contributed by atoms with van der Waals surface area (Å²) in [7, 11) is -1.95. The summed E-state index contributed by atoms with van der Waals surface area (Å²) >= 11 is 0. The van der Waals surface area contributed by atoms with E-state index in [1.54, 1.807) is 6.07 Å². The van der Waals surface area contributed by atoms with Crippen LogP contribution in [0.15, 0.2) is 97.1 Å². The van der Waals surface area contributed by atoms with E-state index < -0.39 is 13.9 Å². The molecular weight excluding hydrogens is 462 g/mol. The van der Waals surface area contributed by atoms with Crippen molar-refractivity contribution >= 4 is 20.8 Å². The lowest BCUT2D eigenvalue weighted by molar-refractivity contribution is -0.557. The molecule has 0 radical (unpaired) electrons. The Morgan fingerprint density at radius 2 is 1.53 bits per heavy atom. The highest BCUT2D eigenvalue weighted by Gasteiger charge is 2.53. The first-order valence-electron chi connectivity index (χ1n) is 12.7. The van der Waals surface area contributed by atoms with Gasteiger partial charge in [-0.15, -0.1) is 0 Å². The summed E-state index contributed by atoms with van der Waals surface area (Å²) in [4.78, 5) is 11.2. The van der Waals surface area contributed by atoms with Crippen LogP contribution in [0.3, 0.4) is 0 Å². The molecule has 0 bridgehead atoms. The van der Waals surface area contributed by atoms with Gasteiger partial charge in [0, 0.05) is 18.9 Å². The molecule has 186 valence electrons.